The van der Waals surface area contributed by atoms with Gasteiger partial charge >= 0.3 is 0 Å². The van der Waals surface area contributed by atoms with Crippen LogP contribution in [0.3, 0.4) is 0 Å². The molecule has 7 heteroatoms. The second-order valence-electron chi connectivity index (χ2n) is 4.83. The standard InChI is InChI=1S/C13H16N4O2S/c1-7(18)12-11(15)10(5-14)13(20-12)17-4-3-9(6-17)16-8(2)19/h9H,3-4,6,15H2,1-2H3,(H,16,19). The van der Waals surface area contributed by atoms with E-state index in [2.05, 4.69) is 11.4 Å². The number of hydrogen-bond acceptors (Lipinski definition) is 6. The van der Waals surface area contributed by atoms with Crippen LogP contribution in [0.2, 0.25) is 0 Å². The normalized spacial score (nSPS) is 17.9. The molecule has 106 valence electrons. The molecule has 2 rings (SSSR count). The predicted molar refractivity (Wildman–Crippen MR) is 77.9 cm³/mol. The van der Waals surface area contributed by atoms with E-state index >= 15 is 0 Å². The molecule has 3 N–H and O–H groups in total. The fourth-order valence-electron chi connectivity index (χ4n) is 2.37. The van der Waals surface area contributed by atoms with E-state index in [1.54, 1.807) is 0 Å². The lowest BCUT2D eigenvalue weighted by Crippen LogP contribution is -2.35. The van der Waals surface area contributed by atoms with Crippen molar-refractivity contribution in [3.05, 3.63) is 10.4 Å². The highest BCUT2D eigenvalue weighted by molar-refractivity contribution is 7.19. The van der Waals surface area contributed by atoms with E-state index in [0.717, 1.165) is 18.0 Å². The van der Waals surface area contributed by atoms with Crippen molar-refractivity contribution in [2.45, 2.75) is 26.3 Å². The van der Waals surface area contributed by atoms with Gasteiger partial charge in [0.15, 0.2) is 5.78 Å². The zero-order chi connectivity index (χ0) is 14.9. The largest absolute Gasteiger partial charge is 0.396 e. The van der Waals surface area contributed by atoms with Crippen molar-refractivity contribution in [3.63, 3.8) is 0 Å². The molecule has 0 spiro atoms. The van der Waals surface area contributed by atoms with Crippen LogP contribution in [0.25, 0.3) is 0 Å². The van der Waals surface area contributed by atoms with Gasteiger partial charge in [-0.15, -0.1) is 11.3 Å². The van der Waals surface area contributed by atoms with E-state index in [9.17, 15) is 14.9 Å². The molecule has 1 aliphatic heterocycles. The number of rotatable bonds is 3. The van der Waals surface area contributed by atoms with Gasteiger partial charge in [-0.05, 0) is 6.42 Å². The van der Waals surface area contributed by atoms with Gasteiger partial charge in [-0.3, -0.25) is 9.59 Å². The van der Waals surface area contributed by atoms with Crippen molar-refractivity contribution < 1.29 is 9.59 Å². The van der Waals surface area contributed by atoms with Gasteiger partial charge < -0.3 is 16.0 Å². The highest BCUT2D eigenvalue weighted by Crippen LogP contribution is 2.39. The number of nitriles is 1. The zero-order valence-corrected chi connectivity index (χ0v) is 12.2. The molecular formula is C13H16N4O2S. The molecule has 6 nitrogen and oxygen atoms in total. The van der Waals surface area contributed by atoms with Crippen molar-refractivity contribution in [2.75, 3.05) is 23.7 Å². The molecule has 1 aromatic heterocycles. The van der Waals surface area contributed by atoms with Crippen LogP contribution in [0.15, 0.2) is 0 Å². The molecule has 0 saturated carbocycles. The van der Waals surface area contributed by atoms with Gasteiger partial charge in [-0.2, -0.15) is 5.26 Å². The molecule has 1 fully saturated rings. The summed E-state index contributed by atoms with van der Waals surface area (Å²) in [6.45, 7) is 4.29. The van der Waals surface area contributed by atoms with Crippen molar-refractivity contribution in [2.24, 2.45) is 0 Å². The monoisotopic (exact) mass is 292 g/mol. The molecule has 2 heterocycles. The van der Waals surface area contributed by atoms with Gasteiger partial charge in [-0.1, -0.05) is 0 Å². The SMILES string of the molecule is CC(=O)NC1CCN(c2sc(C(C)=O)c(N)c2C#N)C1. The van der Waals surface area contributed by atoms with Crippen LogP contribution in [0.1, 0.15) is 35.5 Å². The highest BCUT2D eigenvalue weighted by Gasteiger charge is 2.29. The number of nitrogen functional groups attached to an aromatic ring is 1. The third-order valence-electron chi connectivity index (χ3n) is 3.24. The van der Waals surface area contributed by atoms with Gasteiger partial charge in [0.05, 0.1) is 10.6 Å². The minimum Gasteiger partial charge on any atom is -0.396 e. The van der Waals surface area contributed by atoms with Crippen LogP contribution in [0.5, 0.6) is 0 Å². The van der Waals surface area contributed by atoms with Gasteiger partial charge in [0, 0.05) is 33.0 Å². The number of carbonyl (C=O) groups excluding carboxylic acids is 2. The second-order valence-corrected chi connectivity index (χ2v) is 5.82. The minimum absolute atomic E-state index is 0.0625. The number of hydrogen-bond donors (Lipinski definition) is 2. The Hall–Kier alpha value is -2.07. The molecule has 1 amide bonds. The van der Waals surface area contributed by atoms with Gasteiger partial charge in [0.1, 0.15) is 16.6 Å². The fraction of sp³-hybridized carbons (Fsp3) is 0.462. The number of thiophene rings is 1. The third kappa shape index (κ3) is 2.60. The van der Waals surface area contributed by atoms with Gasteiger partial charge in [0.2, 0.25) is 5.91 Å². The first-order valence-electron chi connectivity index (χ1n) is 6.29. The molecule has 1 aliphatic rings. The van der Waals surface area contributed by atoms with Crippen LogP contribution in [0.4, 0.5) is 10.7 Å². The van der Waals surface area contributed by atoms with Crippen LogP contribution in [-0.4, -0.2) is 30.8 Å². The van der Waals surface area contributed by atoms with E-state index in [4.69, 9.17) is 5.73 Å². The fourth-order valence-corrected chi connectivity index (χ4v) is 3.48. The van der Waals surface area contributed by atoms with Crippen LogP contribution in [0, 0.1) is 11.3 Å². The summed E-state index contributed by atoms with van der Waals surface area (Å²) in [6.07, 6.45) is 0.817. The Morgan fingerprint density at radius 1 is 1.50 bits per heavy atom. The quantitative estimate of drug-likeness (QED) is 0.813. The van der Waals surface area contributed by atoms with Crippen LogP contribution in [-0.2, 0) is 4.79 Å². The maximum Gasteiger partial charge on any atom is 0.217 e. The first-order chi connectivity index (χ1) is 9.43. The maximum absolute atomic E-state index is 11.5. The van der Waals surface area contributed by atoms with Crippen LogP contribution < -0.4 is 16.0 Å². The first-order valence-corrected chi connectivity index (χ1v) is 7.11. The Balaban J connectivity index is 2.26. The molecule has 1 saturated heterocycles. The Bertz CT molecular complexity index is 602. The summed E-state index contributed by atoms with van der Waals surface area (Å²) in [6, 6.07) is 2.15. The second kappa shape index (κ2) is 5.51. The van der Waals surface area contributed by atoms with Crippen molar-refractivity contribution >= 4 is 33.7 Å². The number of anilines is 2. The minimum atomic E-state index is -0.132. The Kier molecular flexibility index (Phi) is 3.95. The topological polar surface area (TPSA) is 99.2 Å². The lowest BCUT2D eigenvalue weighted by Gasteiger charge is -2.17. The number of carbonyl (C=O) groups is 2. The predicted octanol–water partition coefficient (Wildman–Crippen LogP) is 1.12. The Morgan fingerprint density at radius 3 is 2.75 bits per heavy atom. The van der Waals surface area contributed by atoms with E-state index in [-0.39, 0.29) is 23.4 Å². The number of amides is 1. The van der Waals surface area contributed by atoms with Gasteiger partial charge in [0.25, 0.3) is 0 Å². The molecule has 1 unspecified atom stereocenters. The zero-order valence-electron chi connectivity index (χ0n) is 11.4. The third-order valence-corrected chi connectivity index (χ3v) is 4.61. The summed E-state index contributed by atoms with van der Waals surface area (Å²) >= 11 is 1.25. The molecule has 1 atom stereocenters. The average molecular weight is 292 g/mol. The molecule has 0 radical (unpaired) electrons. The average Bonchev–Trinajstić information content (AvgIpc) is 2.92. The smallest absolute Gasteiger partial charge is 0.217 e. The van der Waals surface area contributed by atoms with Crippen LogP contribution >= 0.6 is 11.3 Å². The Labute approximate surface area is 121 Å². The van der Waals surface area contributed by atoms with Crippen molar-refractivity contribution in [1.82, 2.24) is 5.32 Å². The summed E-state index contributed by atoms with van der Waals surface area (Å²) < 4.78 is 0. The summed E-state index contributed by atoms with van der Waals surface area (Å²) in [5, 5.41) is 12.8. The van der Waals surface area contributed by atoms with E-state index in [0.29, 0.717) is 17.0 Å². The molecule has 1 aromatic rings. The lowest BCUT2D eigenvalue weighted by atomic mass is 10.2. The van der Waals surface area contributed by atoms with Crippen molar-refractivity contribution in [1.29, 1.82) is 5.26 Å². The van der Waals surface area contributed by atoms with E-state index in [1.165, 1.54) is 25.2 Å². The Morgan fingerprint density at radius 2 is 2.20 bits per heavy atom. The molecule has 0 aromatic carbocycles. The van der Waals surface area contributed by atoms with E-state index < -0.39 is 0 Å². The molecular weight excluding hydrogens is 276 g/mol. The summed E-state index contributed by atoms with van der Waals surface area (Å²) in [7, 11) is 0. The van der Waals surface area contributed by atoms with Gasteiger partial charge in [-0.25, -0.2) is 0 Å². The highest BCUT2D eigenvalue weighted by atomic mass is 32.1. The maximum atomic E-state index is 11.5. The number of ketones is 1. The summed E-state index contributed by atoms with van der Waals surface area (Å²) in [5.41, 5.74) is 6.50. The summed E-state index contributed by atoms with van der Waals surface area (Å²) in [5.74, 6) is -0.194. The number of Topliss-reactive ketones (excluding diaryl/α,β-unsaturated/α-hetero) is 1. The molecule has 20 heavy (non-hydrogen) atoms. The van der Waals surface area contributed by atoms with Crippen molar-refractivity contribution in [3.8, 4) is 6.07 Å². The van der Waals surface area contributed by atoms with E-state index in [1.807, 2.05) is 4.90 Å². The summed E-state index contributed by atoms with van der Waals surface area (Å²) in [4.78, 5) is 25.0. The molecule has 0 aliphatic carbocycles. The number of nitrogens with zero attached hydrogens (tertiary/aromatic N) is 2. The number of nitrogens with one attached hydrogen (secondary N) is 1. The number of nitrogens with two attached hydrogens (primary N) is 1. The first kappa shape index (κ1) is 14.3. The molecule has 0 bridgehead atoms. The lowest BCUT2D eigenvalue weighted by molar-refractivity contribution is -0.119.